The van der Waals surface area contributed by atoms with Crippen LogP contribution >= 0.6 is 20.8 Å². The summed E-state index contributed by atoms with van der Waals surface area (Å²) in [7, 11) is 0. The third-order valence-corrected chi connectivity index (χ3v) is 13.5. The van der Waals surface area contributed by atoms with E-state index in [4.69, 9.17) is 0 Å². The summed E-state index contributed by atoms with van der Waals surface area (Å²) < 4.78 is 13.8. The standard InChI is InChI=1S/C26H19BrFP/c27-29(24-13-4-1-5-14-24,25-15-6-2-7-16-25,26-17-8-3-9-18-26)20-19-22-11-10-12-23(28)21-22/h1-18,21H. The van der Waals surface area contributed by atoms with E-state index in [0.717, 1.165) is 15.9 Å². The van der Waals surface area contributed by atoms with Gasteiger partial charge in [0.05, 0.1) is 0 Å². The van der Waals surface area contributed by atoms with Crippen molar-refractivity contribution in [1.29, 1.82) is 0 Å². The molecule has 0 nitrogen and oxygen atoms in total. The quantitative estimate of drug-likeness (QED) is 0.260. The Labute approximate surface area is 179 Å². The van der Waals surface area contributed by atoms with Crippen molar-refractivity contribution in [3.05, 3.63) is 127 Å². The van der Waals surface area contributed by atoms with E-state index in [0.29, 0.717) is 5.56 Å². The maximum atomic E-state index is 13.8. The van der Waals surface area contributed by atoms with Crippen molar-refractivity contribution in [2.24, 2.45) is 0 Å². The third kappa shape index (κ3) is 3.53. The molecule has 4 aromatic rings. The Bertz CT molecular complexity index is 1080. The van der Waals surface area contributed by atoms with E-state index in [9.17, 15) is 4.39 Å². The minimum absolute atomic E-state index is 0.286. The second kappa shape index (κ2) is 7.96. The van der Waals surface area contributed by atoms with Crippen molar-refractivity contribution in [3.8, 4) is 11.6 Å². The van der Waals surface area contributed by atoms with Crippen LogP contribution in [0.2, 0.25) is 0 Å². The molecule has 0 unspecified atom stereocenters. The van der Waals surface area contributed by atoms with Crippen LogP contribution < -0.4 is 15.9 Å². The number of benzene rings is 4. The van der Waals surface area contributed by atoms with Gasteiger partial charge >= 0.3 is 179 Å². The summed E-state index contributed by atoms with van der Waals surface area (Å²) in [5.74, 6) is 3.00. The first-order valence-corrected chi connectivity index (χ1v) is 13.6. The zero-order valence-corrected chi connectivity index (χ0v) is 18.2. The van der Waals surface area contributed by atoms with Crippen molar-refractivity contribution >= 4 is 36.7 Å². The molecule has 0 saturated carbocycles. The first kappa shape index (κ1) is 19.6. The summed E-state index contributed by atoms with van der Waals surface area (Å²) in [4.78, 5) is 0. The van der Waals surface area contributed by atoms with Crippen LogP contribution in [0.5, 0.6) is 0 Å². The Kier molecular flexibility index (Phi) is 5.37. The Morgan fingerprint density at radius 1 is 0.586 bits per heavy atom. The van der Waals surface area contributed by atoms with Gasteiger partial charge in [-0.05, 0) is 0 Å². The molecule has 0 heterocycles. The molecule has 29 heavy (non-hydrogen) atoms. The van der Waals surface area contributed by atoms with E-state index in [1.165, 1.54) is 12.1 Å². The fraction of sp³-hybridized carbons (Fsp3) is 0. The van der Waals surface area contributed by atoms with Gasteiger partial charge in [0.25, 0.3) is 0 Å². The number of halogens is 2. The predicted molar refractivity (Wildman–Crippen MR) is 127 cm³/mol. The van der Waals surface area contributed by atoms with Gasteiger partial charge in [0, 0.05) is 0 Å². The molecular weight excluding hydrogens is 442 g/mol. The summed E-state index contributed by atoms with van der Waals surface area (Å²) in [6, 6.07) is 37.4. The first-order chi connectivity index (χ1) is 14.1. The summed E-state index contributed by atoms with van der Waals surface area (Å²) in [5.41, 5.74) is 4.29. The maximum absolute atomic E-state index is 13.8. The average molecular weight is 461 g/mol. The van der Waals surface area contributed by atoms with Crippen molar-refractivity contribution in [2.75, 3.05) is 0 Å². The van der Waals surface area contributed by atoms with Gasteiger partial charge in [-0.3, -0.25) is 0 Å². The van der Waals surface area contributed by atoms with Gasteiger partial charge in [-0.15, -0.1) is 0 Å². The number of hydrogen-bond acceptors (Lipinski definition) is 0. The molecule has 0 fully saturated rings. The van der Waals surface area contributed by atoms with E-state index >= 15 is 0 Å². The molecule has 0 saturated heterocycles. The molecule has 0 atom stereocenters. The van der Waals surface area contributed by atoms with Gasteiger partial charge in [0.15, 0.2) is 0 Å². The van der Waals surface area contributed by atoms with Gasteiger partial charge in [0.1, 0.15) is 0 Å². The van der Waals surface area contributed by atoms with Gasteiger partial charge in [0.2, 0.25) is 0 Å². The molecular formula is C26H19BrFP. The van der Waals surface area contributed by atoms with E-state index in [-0.39, 0.29) is 5.82 Å². The molecule has 0 N–H and O–H groups in total. The van der Waals surface area contributed by atoms with Crippen LogP contribution in [-0.2, 0) is 0 Å². The van der Waals surface area contributed by atoms with Crippen LogP contribution in [0.15, 0.2) is 115 Å². The zero-order valence-electron chi connectivity index (χ0n) is 15.7. The molecule has 0 amide bonds. The van der Waals surface area contributed by atoms with E-state index in [2.05, 4.69) is 63.5 Å². The Morgan fingerprint density at radius 2 is 1.03 bits per heavy atom. The molecule has 0 aliphatic rings. The summed E-state index contributed by atoms with van der Waals surface area (Å²) in [6.07, 6.45) is 0. The fourth-order valence-corrected chi connectivity index (χ4v) is 9.71. The second-order valence-corrected chi connectivity index (χ2v) is 14.8. The van der Waals surface area contributed by atoms with Crippen LogP contribution in [0, 0.1) is 17.4 Å². The Morgan fingerprint density at radius 3 is 1.45 bits per heavy atom. The molecule has 0 bridgehead atoms. The van der Waals surface area contributed by atoms with Crippen LogP contribution in [0.25, 0.3) is 0 Å². The van der Waals surface area contributed by atoms with Crippen molar-refractivity contribution in [2.45, 2.75) is 0 Å². The van der Waals surface area contributed by atoms with Crippen molar-refractivity contribution in [1.82, 2.24) is 0 Å². The summed E-state index contributed by atoms with van der Waals surface area (Å²) >= 11 is 4.26. The van der Waals surface area contributed by atoms with Gasteiger partial charge < -0.3 is 0 Å². The topological polar surface area (TPSA) is 0 Å². The normalized spacial score (nSPS) is 12.3. The predicted octanol–water partition coefficient (Wildman–Crippen LogP) is 5.97. The molecule has 0 aliphatic carbocycles. The fourth-order valence-electron chi connectivity index (χ4n) is 3.50. The number of hydrogen-bond donors (Lipinski definition) is 0. The molecule has 4 aromatic carbocycles. The van der Waals surface area contributed by atoms with Crippen LogP contribution in [0.3, 0.4) is 0 Å². The van der Waals surface area contributed by atoms with Crippen LogP contribution in [0.4, 0.5) is 4.39 Å². The van der Waals surface area contributed by atoms with Gasteiger partial charge in [-0.1, -0.05) is 0 Å². The van der Waals surface area contributed by atoms with Crippen LogP contribution in [-0.4, -0.2) is 0 Å². The third-order valence-electron chi connectivity index (χ3n) is 4.96. The molecule has 4 rings (SSSR count). The summed E-state index contributed by atoms with van der Waals surface area (Å²) in [6.45, 7) is 0. The minimum atomic E-state index is -3.31. The average Bonchev–Trinajstić information content (AvgIpc) is 2.79. The van der Waals surface area contributed by atoms with E-state index < -0.39 is 5.31 Å². The number of rotatable bonds is 3. The molecule has 0 aliphatic heterocycles. The molecule has 142 valence electrons. The molecule has 0 radical (unpaired) electrons. The van der Waals surface area contributed by atoms with Gasteiger partial charge in [-0.2, -0.15) is 0 Å². The first-order valence-electron chi connectivity index (χ1n) is 9.31. The van der Waals surface area contributed by atoms with E-state index in [1.807, 2.05) is 60.7 Å². The van der Waals surface area contributed by atoms with Crippen LogP contribution in [0.1, 0.15) is 5.56 Å². The SMILES string of the molecule is Fc1cccc(C#CP(Br)(c2ccccc2)(c2ccccc2)c2ccccc2)c1. The van der Waals surface area contributed by atoms with Crippen molar-refractivity contribution in [3.63, 3.8) is 0 Å². The molecule has 0 aromatic heterocycles. The van der Waals surface area contributed by atoms with Crippen molar-refractivity contribution < 1.29 is 4.39 Å². The Balaban J connectivity index is 2.11. The molecule has 3 heteroatoms. The zero-order chi connectivity index (χ0) is 20.2. The summed E-state index contributed by atoms with van der Waals surface area (Å²) in [5, 5.41) is 0.0232. The van der Waals surface area contributed by atoms with Gasteiger partial charge in [-0.25, -0.2) is 0 Å². The Hall–Kier alpha value is -2.72. The monoisotopic (exact) mass is 460 g/mol. The van der Waals surface area contributed by atoms with E-state index in [1.54, 1.807) is 6.07 Å². The second-order valence-electron chi connectivity index (χ2n) is 6.76. The molecule has 0 spiro atoms.